The van der Waals surface area contributed by atoms with Gasteiger partial charge in [-0.05, 0) is 36.4 Å². The lowest BCUT2D eigenvalue weighted by atomic mass is 10.3. The van der Waals surface area contributed by atoms with Gasteiger partial charge < -0.3 is 9.84 Å². The smallest absolute Gasteiger partial charge is 0.189 e. The van der Waals surface area contributed by atoms with Crippen molar-refractivity contribution in [3.63, 3.8) is 0 Å². The Morgan fingerprint density at radius 1 is 1.15 bits per heavy atom. The molecule has 1 N–H and O–H groups in total. The maximum Gasteiger partial charge on any atom is 0.189 e. The molecule has 0 aliphatic heterocycles. The predicted octanol–water partition coefficient (Wildman–Crippen LogP) is 1.02. The van der Waals surface area contributed by atoms with Crippen LogP contribution >= 0.6 is 0 Å². The van der Waals surface area contributed by atoms with Gasteiger partial charge in [0.05, 0.1) is 12.0 Å². The number of allylic oxidation sites excluding steroid dienone is 2. The lowest BCUT2D eigenvalue weighted by Gasteiger charge is -2.02. The molecule has 104 valence electrons. The summed E-state index contributed by atoms with van der Waals surface area (Å²) < 4.78 is 28.8. The summed E-state index contributed by atoms with van der Waals surface area (Å²) in [4.78, 5) is 0.205. The fourth-order valence-corrected chi connectivity index (χ4v) is 2.24. The van der Waals surface area contributed by atoms with Crippen molar-refractivity contribution in [3.8, 4) is 29.4 Å². The van der Waals surface area contributed by atoms with E-state index in [4.69, 9.17) is 9.84 Å². The van der Waals surface area contributed by atoms with Crippen LogP contribution in [0.25, 0.3) is 0 Å². The van der Waals surface area contributed by atoms with Crippen molar-refractivity contribution < 1.29 is 18.3 Å². The third kappa shape index (κ3) is 5.19. The van der Waals surface area contributed by atoms with Crippen molar-refractivity contribution in [2.75, 3.05) is 19.5 Å². The van der Waals surface area contributed by atoms with Gasteiger partial charge in [-0.1, -0.05) is 23.7 Å². The highest BCUT2D eigenvalue weighted by Gasteiger charge is 2.12. The lowest BCUT2D eigenvalue weighted by molar-refractivity contribution is 0.350. The standard InChI is InChI=1S/C15H14O4S/c1-19-14-8-10-15(11-9-14)20(17,18)13-7-5-3-2-4-6-12-16/h2-3,8-11,16H,12-13H2,1H3/b3-2-. The van der Waals surface area contributed by atoms with E-state index in [-0.39, 0.29) is 17.3 Å². The van der Waals surface area contributed by atoms with Crippen LogP contribution in [0.1, 0.15) is 0 Å². The van der Waals surface area contributed by atoms with Gasteiger partial charge in [-0.15, -0.1) is 0 Å². The number of aliphatic hydroxyl groups excluding tert-OH is 1. The number of benzene rings is 1. The van der Waals surface area contributed by atoms with Crippen LogP contribution in [-0.4, -0.2) is 33.0 Å². The molecule has 0 saturated carbocycles. The summed E-state index contributed by atoms with van der Waals surface area (Å²) in [5.41, 5.74) is 0. The summed E-state index contributed by atoms with van der Waals surface area (Å²) in [7, 11) is -1.91. The molecule has 1 aromatic rings. The highest BCUT2D eigenvalue weighted by Crippen LogP contribution is 2.16. The highest BCUT2D eigenvalue weighted by atomic mass is 32.2. The summed E-state index contributed by atoms with van der Waals surface area (Å²) in [6, 6.07) is 6.15. The predicted molar refractivity (Wildman–Crippen MR) is 76.8 cm³/mol. The summed E-state index contributed by atoms with van der Waals surface area (Å²) in [5, 5.41) is 8.41. The van der Waals surface area contributed by atoms with Gasteiger partial charge in [-0.2, -0.15) is 0 Å². The fourth-order valence-electron chi connectivity index (χ4n) is 1.25. The number of rotatable bonds is 3. The SMILES string of the molecule is COc1ccc(S(=O)(=O)CC#C/C=C\C#CCO)cc1. The molecule has 0 amide bonds. The van der Waals surface area contributed by atoms with Crippen LogP contribution < -0.4 is 4.74 Å². The zero-order chi connectivity index (χ0) is 14.8. The molecular weight excluding hydrogens is 276 g/mol. The molecule has 0 radical (unpaired) electrons. The lowest BCUT2D eigenvalue weighted by Crippen LogP contribution is -2.04. The molecule has 0 aromatic heterocycles. The Morgan fingerprint density at radius 3 is 2.30 bits per heavy atom. The number of aliphatic hydroxyl groups is 1. The Kier molecular flexibility index (Phi) is 6.39. The second-order valence-electron chi connectivity index (χ2n) is 3.57. The van der Waals surface area contributed by atoms with Crippen molar-refractivity contribution in [2.45, 2.75) is 4.90 Å². The van der Waals surface area contributed by atoms with Gasteiger partial charge in [0, 0.05) is 0 Å². The first-order chi connectivity index (χ1) is 9.60. The summed E-state index contributed by atoms with van der Waals surface area (Å²) >= 11 is 0. The molecule has 1 aromatic carbocycles. The van der Waals surface area contributed by atoms with Crippen LogP contribution in [0.15, 0.2) is 41.3 Å². The van der Waals surface area contributed by atoms with Gasteiger partial charge >= 0.3 is 0 Å². The van der Waals surface area contributed by atoms with E-state index in [1.54, 1.807) is 12.1 Å². The minimum absolute atomic E-state index is 0.205. The normalized spacial score (nSPS) is 10.3. The Balaban J connectivity index is 2.70. The largest absolute Gasteiger partial charge is 0.497 e. The first-order valence-electron chi connectivity index (χ1n) is 5.69. The number of hydrogen-bond acceptors (Lipinski definition) is 4. The molecule has 0 saturated heterocycles. The zero-order valence-corrected chi connectivity index (χ0v) is 11.8. The van der Waals surface area contributed by atoms with Crippen molar-refractivity contribution in [1.29, 1.82) is 0 Å². The van der Waals surface area contributed by atoms with E-state index in [2.05, 4.69) is 23.7 Å². The maximum atomic E-state index is 11.9. The van der Waals surface area contributed by atoms with Crippen LogP contribution in [-0.2, 0) is 9.84 Å². The number of hydrogen-bond donors (Lipinski definition) is 1. The molecule has 0 atom stereocenters. The van der Waals surface area contributed by atoms with Crippen LogP contribution in [0.4, 0.5) is 0 Å². The maximum absolute atomic E-state index is 11.9. The van der Waals surface area contributed by atoms with Crippen molar-refractivity contribution >= 4 is 9.84 Å². The third-order valence-corrected chi connectivity index (χ3v) is 3.73. The first kappa shape index (κ1) is 15.8. The number of methoxy groups -OCH3 is 1. The topological polar surface area (TPSA) is 63.6 Å². The molecule has 0 aliphatic carbocycles. The minimum Gasteiger partial charge on any atom is -0.497 e. The van der Waals surface area contributed by atoms with E-state index in [1.807, 2.05) is 0 Å². The Hall–Kier alpha value is -2.21. The third-order valence-electron chi connectivity index (χ3n) is 2.21. The molecule has 0 heterocycles. The summed E-state index contributed by atoms with van der Waals surface area (Å²) in [6.07, 6.45) is 2.88. The van der Waals surface area contributed by atoms with Gasteiger partial charge in [0.15, 0.2) is 9.84 Å². The molecule has 0 unspecified atom stereocenters. The zero-order valence-electron chi connectivity index (χ0n) is 11.0. The molecule has 20 heavy (non-hydrogen) atoms. The number of ether oxygens (including phenoxy) is 1. The molecule has 0 bridgehead atoms. The molecule has 0 fully saturated rings. The molecule has 0 spiro atoms. The van der Waals surface area contributed by atoms with Crippen molar-refractivity contribution in [1.82, 2.24) is 0 Å². The Bertz CT molecular complexity index is 677. The van der Waals surface area contributed by atoms with E-state index in [9.17, 15) is 8.42 Å². The summed E-state index contributed by atoms with van der Waals surface area (Å²) in [6.45, 7) is -0.219. The average Bonchev–Trinajstić information content (AvgIpc) is 2.46. The van der Waals surface area contributed by atoms with Gasteiger partial charge in [0.1, 0.15) is 18.1 Å². The highest BCUT2D eigenvalue weighted by molar-refractivity contribution is 7.91. The van der Waals surface area contributed by atoms with Gasteiger partial charge in [0.25, 0.3) is 0 Å². The van der Waals surface area contributed by atoms with E-state index in [0.717, 1.165) is 0 Å². The van der Waals surface area contributed by atoms with Crippen molar-refractivity contribution in [3.05, 3.63) is 36.4 Å². The second-order valence-corrected chi connectivity index (χ2v) is 5.56. The van der Waals surface area contributed by atoms with Crippen LogP contribution in [0, 0.1) is 23.7 Å². The monoisotopic (exact) mass is 290 g/mol. The Morgan fingerprint density at radius 2 is 1.75 bits per heavy atom. The van der Waals surface area contributed by atoms with Crippen LogP contribution in [0.5, 0.6) is 5.75 Å². The van der Waals surface area contributed by atoms with Crippen molar-refractivity contribution in [2.24, 2.45) is 0 Å². The van der Waals surface area contributed by atoms with E-state index in [1.165, 1.54) is 31.4 Å². The van der Waals surface area contributed by atoms with Gasteiger partial charge in [0.2, 0.25) is 0 Å². The quantitative estimate of drug-likeness (QED) is 0.844. The Labute approximate surface area is 119 Å². The summed E-state index contributed by atoms with van der Waals surface area (Å²) in [5.74, 6) is 10.4. The van der Waals surface area contributed by atoms with E-state index >= 15 is 0 Å². The van der Waals surface area contributed by atoms with Crippen LogP contribution in [0.3, 0.4) is 0 Å². The van der Waals surface area contributed by atoms with Gasteiger partial charge in [-0.3, -0.25) is 0 Å². The average molecular weight is 290 g/mol. The van der Waals surface area contributed by atoms with Crippen LogP contribution in [0.2, 0.25) is 0 Å². The molecule has 0 aliphatic rings. The molecular formula is C15H14O4S. The van der Waals surface area contributed by atoms with Gasteiger partial charge in [-0.25, -0.2) is 8.42 Å². The molecule has 1 rings (SSSR count). The minimum atomic E-state index is -3.42. The molecule has 4 nitrogen and oxygen atoms in total. The van der Waals surface area contributed by atoms with E-state index < -0.39 is 9.84 Å². The van der Waals surface area contributed by atoms with E-state index in [0.29, 0.717) is 5.75 Å². The second kappa shape index (κ2) is 8.06. The molecule has 5 heteroatoms. The fraction of sp³-hybridized carbons (Fsp3) is 0.200. The number of sulfone groups is 1. The first-order valence-corrected chi connectivity index (χ1v) is 7.35.